The fourth-order valence-corrected chi connectivity index (χ4v) is 7.48. The first kappa shape index (κ1) is 29.2. The maximum atomic E-state index is 13.4. The van der Waals surface area contributed by atoms with E-state index in [2.05, 4.69) is 0 Å². The largest absolute Gasteiger partial charge is 0.416 e. The number of hydrogen-bond donors (Lipinski definition) is 0. The highest BCUT2D eigenvalue weighted by Crippen LogP contribution is 2.39. The van der Waals surface area contributed by atoms with E-state index in [-0.39, 0.29) is 34.7 Å². The molecule has 37 heavy (non-hydrogen) atoms. The Bertz CT molecular complexity index is 1370. The first-order valence-corrected chi connectivity index (χ1v) is 14.8. The van der Waals surface area contributed by atoms with Crippen LogP contribution in [0.15, 0.2) is 58.3 Å². The molecule has 1 saturated heterocycles. The van der Waals surface area contributed by atoms with Crippen LogP contribution in [-0.4, -0.2) is 50.2 Å². The molecule has 0 saturated carbocycles. The van der Waals surface area contributed by atoms with Crippen molar-refractivity contribution in [2.75, 3.05) is 13.1 Å². The Kier molecular flexibility index (Phi) is 7.66. The van der Waals surface area contributed by atoms with E-state index in [1.807, 2.05) is 0 Å². The van der Waals surface area contributed by atoms with Crippen LogP contribution in [0.2, 0.25) is 0 Å². The SMILES string of the molecule is CC(C)(C)S(=O)(=O)c1ccc(C(=O)N2CCC(C(C)(C)S(=O)(=O)c3cccc(C(F)(F)F)c3)CC2)cc1. The number of rotatable bonds is 5. The highest BCUT2D eigenvalue weighted by atomic mass is 32.2. The molecule has 2 aromatic carbocycles. The van der Waals surface area contributed by atoms with Gasteiger partial charge in [0.05, 0.1) is 24.8 Å². The number of sulfone groups is 2. The van der Waals surface area contributed by atoms with Gasteiger partial charge >= 0.3 is 6.18 Å². The summed E-state index contributed by atoms with van der Waals surface area (Å²) in [5.74, 6) is -0.674. The summed E-state index contributed by atoms with van der Waals surface area (Å²) in [5, 5.41) is 0. The molecule has 0 aromatic heterocycles. The second-order valence-electron chi connectivity index (χ2n) is 10.8. The average Bonchev–Trinajstić information content (AvgIpc) is 2.82. The van der Waals surface area contributed by atoms with Crippen molar-refractivity contribution in [1.82, 2.24) is 4.90 Å². The highest BCUT2D eigenvalue weighted by Gasteiger charge is 2.45. The number of piperidine rings is 1. The van der Waals surface area contributed by atoms with Crippen molar-refractivity contribution in [2.45, 2.75) is 72.9 Å². The highest BCUT2D eigenvalue weighted by molar-refractivity contribution is 7.93. The molecular formula is C26H32F3NO5S2. The maximum Gasteiger partial charge on any atom is 0.416 e. The van der Waals surface area contributed by atoms with Gasteiger partial charge in [-0.3, -0.25) is 4.79 Å². The Morgan fingerprint density at radius 1 is 0.811 bits per heavy atom. The van der Waals surface area contributed by atoms with Crippen LogP contribution in [0.1, 0.15) is 63.4 Å². The fourth-order valence-electron chi connectivity index (χ4n) is 4.45. The van der Waals surface area contributed by atoms with Gasteiger partial charge in [0.1, 0.15) is 0 Å². The van der Waals surface area contributed by atoms with Crippen molar-refractivity contribution in [1.29, 1.82) is 0 Å². The monoisotopic (exact) mass is 559 g/mol. The maximum absolute atomic E-state index is 13.4. The Morgan fingerprint density at radius 3 is 1.84 bits per heavy atom. The van der Waals surface area contributed by atoms with Crippen LogP contribution >= 0.6 is 0 Å². The molecule has 1 fully saturated rings. The Hall–Kier alpha value is -2.40. The molecule has 1 aliphatic rings. The zero-order valence-corrected chi connectivity index (χ0v) is 23.1. The van der Waals surface area contributed by atoms with Gasteiger partial charge < -0.3 is 4.90 Å². The van der Waals surface area contributed by atoms with Gasteiger partial charge in [0, 0.05) is 18.7 Å². The number of nitrogens with zero attached hydrogens (tertiary/aromatic N) is 1. The minimum atomic E-state index is -4.66. The number of hydrogen-bond acceptors (Lipinski definition) is 5. The van der Waals surface area contributed by atoms with Crippen LogP contribution in [0, 0.1) is 5.92 Å². The van der Waals surface area contributed by atoms with Crippen molar-refractivity contribution in [3.05, 3.63) is 59.7 Å². The number of halogens is 3. The molecule has 11 heteroatoms. The molecule has 0 aliphatic carbocycles. The molecule has 1 heterocycles. The van der Waals surface area contributed by atoms with E-state index in [0.29, 0.717) is 24.5 Å². The molecule has 0 bridgehead atoms. The smallest absolute Gasteiger partial charge is 0.339 e. The van der Waals surface area contributed by atoms with Gasteiger partial charge in [-0.15, -0.1) is 0 Å². The molecule has 0 N–H and O–H groups in total. The van der Waals surface area contributed by atoms with E-state index in [0.717, 1.165) is 12.1 Å². The van der Waals surface area contributed by atoms with E-state index >= 15 is 0 Å². The molecule has 0 atom stereocenters. The van der Waals surface area contributed by atoms with Gasteiger partial charge in [0.25, 0.3) is 5.91 Å². The molecule has 0 radical (unpaired) electrons. The lowest BCUT2D eigenvalue weighted by molar-refractivity contribution is -0.137. The summed E-state index contributed by atoms with van der Waals surface area (Å²) in [6.07, 6.45) is -3.95. The summed E-state index contributed by atoms with van der Waals surface area (Å²) in [6.45, 7) is 8.36. The molecule has 2 aromatic rings. The minimum Gasteiger partial charge on any atom is -0.339 e. The molecule has 0 spiro atoms. The van der Waals surface area contributed by atoms with Crippen LogP contribution in [0.5, 0.6) is 0 Å². The van der Waals surface area contributed by atoms with E-state index in [4.69, 9.17) is 0 Å². The van der Waals surface area contributed by atoms with E-state index < -0.39 is 40.9 Å². The third kappa shape index (κ3) is 5.57. The van der Waals surface area contributed by atoms with Gasteiger partial charge in [-0.05, 0) is 95.8 Å². The number of carbonyl (C=O) groups excluding carboxylic acids is 1. The first-order valence-electron chi connectivity index (χ1n) is 11.9. The van der Waals surface area contributed by atoms with Crippen molar-refractivity contribution in [3.8, 4) is 0 Å². The summed E-state index contributed by atoms with van der Waals surface area (Å²) < 4.78 is 89.0. The number of alkyl halides is 3. The molecule has 0 unspecified atom stereocenters. The van der Waals surface area contributed by atoms with E-state index in [9.17, 15) is 34.8 Å². The summed E-state index contributed by atoms with van der Waals surface area (Å²) >= 11 is 0. The fraction of sp³-hybridized carbons (Fsp3) is 0.500. The van der Waals surface area contributed by atoms with Gasteiger partial charge in [0.15, 0.2) is 19.7 Å². The van der Waals surface area contributed by atoms with Crippen LogP contribution in [0.4, 0.5) is 13.2 Å². The Morgan fingerprint density at radius 2 is 1.35 bits per heavy atom. The molecular weight excluding hydrogens is 527 g/mol. The zero-order valence-electron chi connectivity index (χ0n) is 21.5. The Balaban J connectivity index is 1.73. The van der Waals surface area contributed by atoms with E-state index in [1.54, 1.807) is 25.7 Å². The van der Waals surface area contributed by atoms with Crippen molar-refractivity contribution in [3.63, 3.8) is 0 Å². The van der Waals surface area contributed by atoms with Crippen molar-refractivity contribution in [2.24, 2.45) is 5.92 Å². The zero-order chi connectivity index (χ0) is 28.0. The van der Waals surface area contributed by atoms with Crippen LogP contribution in [-0.2, 0) is 25.9 Å². The van der Waals surface area contributed by atoms with Gasteiger partial charge in [-0.25, -0.2) is 16.8 Å². The molecule has 3 rings (SSSR count). The van der Waals surface area contributed by atoms with Gasteiger partial charge in [-0.1, -0.05) is 6.07 Å². The topological polar surface area (TPSA) is 88.6 Å². The normalized spacial score (nSPS) is 16.6. The van der Waals surface area contributed by atoms with Gasteiger partial charge in [0.2, 0.25) is 0 Å². The Labute approximate surface area is 216 Å². The summed E-state index contributed by atoms with van der Waals surface area (Å²) in [5.41, 5.74) is -0.701. The van der Waals surface area contributed by atoms with Crippen LogP contribution in [0.25, 0.3) is 0 Å². The molecule has 1 amide bonds. The first-order chi connectivity index (χ1) is 16.8. The second-order valence-corrected chi connectivity index (χ2v) is 16.1. The lowest BCUT2D eigenvalue weighted by Crippen LogP contribution is -2.47. The minimum absolute atomic E-state index is 0.122. The van der Waals surface area contributed by atoms with Crippen LogP contribution < -0.4 is 0 Å². The lowest BCUT2D eigenvalue weighted by Gasteiger charge is -2.40. The predicted octanol–water partition coefficient (Wildman–Crippen LogP) is 5.38. The lowest BCUT2D eigenvalue weighted by atomic mass is 9.85. The number of likely N-dealkylation sites (tertiary alicyclic amines) is 1. The van der Waals surface area contributed by atoms with E-state index in [1.165, 1.54) is 44.2 Å². The number of carbonyl (C=O) groups is 1. The summed E-state index contributed by atoms with van der Waals surface area (Å²) in [7, 11) is -7.66. The second kappa shape index (κ2) is 9.72. The van der Waals surface area contributed by atoms with Crippen LogP contribution in [0.3, 0.4) is 0 Å². The molecule has 204 valence electrons. The summed E-state index contributed by atoms with van der Waals surface area (Å²) in [4.78, 5) is 14.3. The third-order valence-electron chi connectivity index (χ3n) is 7.15. The van der Waals surface area contributed by atoms with Gasteiger partial charge in [-0.2, -0.15) is 13.2 Å². The molecule has 1 aliphatic heterocycles. The standard InChI is InChI=1S/C26H32F3NO5S2/c1-24(2,3)36(32,33)21-11-9-18(10-12-21)23(31)30-15-13-19(14-16-30)25(4,5)37(34,35)22-8-6-7-20(17-22)26(27,28)29/h6-12,17,19H,13-16H2,1-5H3. The number of amides is 1. The average molecular weight is 560 g/mol. The summed E-state index contributed by atoms with van der Waals surface area (Å²) in [6, 6.07) is 9.51. The quantitative estimate of drug-likeness (QED) is 0.491. The predicted molar refractivity (Wildman–Crippen MR) is 135 cm³/mol. The molecule has 6 nitrogen and oxygen atoms in total. The number of benzene rings is 2. The third-order valence-corrected chi connectivity index (χ3v) is 12.2. The van der Waals surface area contributed by atoms with Crippen molar-refractivity contribution >= 4 is 25.6 Å². The van der Waals surface area contributed by atoms with Crippen molar-refractivity contribution < 1.29 is 34.8 Å².